The standard InChI is InChI=1S/C10H10BrClN4S/c1-6-14-7(5-17-6)4-16(2)9-8(11)3-13-10(12)15-9/h3,5H,4H2,1-2H3. The largest absolute Gasteiger partial charge is 0.353 e. The van der Waals surface area contributed by atoms with Crippen LogP contribution in [0.3, 0.4) is 0 Å². The van der Waals surface area contributed by atoms with Crippen LogP contribution < -0.4 is 4.90 Å². The zero-order chi connectivity index (χ0) is 12.4. The molecule has 0 unspecified atom stereocenters. The van der Waals surface area contributed by atoms with Gasteiger partial charge in [-0.05, 0) is 34.5 Å². The Kier molecular flexibility index (Phi) is 3.96. The van der Waals surface area contributed by atoms with Gasteiger partial charge in [0.15, 0.2) is 0 Å². The second kappa shape index (κ2) is 5.29. The molecule has 0 radical (unpaired) electrons. The van der Waals surface area contributed by atoms with Gasteiger partial charge < -0.3 is 4.90 Å². The average molecular weight is 334 g/mol. The molecule has 0 aliphatic heterocycles. The van der Waals surface area contributed by atoms with E-state index in [-0.39, 0.29) is 5.28 Å². The number of aromatic nitrogens is 3. The number of thiazole rings is 1. The fourth-order valence-corrected chi connectivity index (χ4v) is 2.63. The van der Waals surface area contributed by atoms with Gasteiger partial charge >= 0.3 is 0 Å². The van der Waals surface area contributed by atoms with E-state index >= 15 is 0 Å². The molecule has 0 spiro atoms. The molecule has 2 heterocycles. The molecule has 2 aromatic rings. The van der Waals surface area contributed by atoms with E-state index in [1.54, 1.807) is 17.5 Å². The van der Waals surface area contributed by atoms with Gasteiger partial charge in [0, 0.05) is 18.6 Å². The highest BCUT2D eigenvalue weighted by molar-refractivity contribution is 9.10. The van der Waals surface area contributed by atoms with Gasteiger partial charge in [0.25, 0.3) is 0 Å². The van der Waals surface area contributed by atoms with Crippen molar-refractivity contribution >= 4 is 44.7 Å². The van der Waals surface area contributed by atoms with Crippen LogP contribution in [0.25, 0.3) is 0 Å². The third-order valence-electron chi connectivity index (χ3n) is 2.12. The topological polar surface area (TPSA) is 41.9 Å². The zero-order valence-electron chi connectivity index (χ0n) is 9.31. The molecule has 0 aliphatic rings. The van der Waals surface area contributed by atoms with Crippen molar-refractivity contribution in [3.05, 3.63) is 32.0 Å². The van der Waals surface area contributed by atoms with Crippen LogP contribution in [0.2, 0.25) is 5.28 Å². The predicted octanol–water partition coefficient (Wildman–Crippen LogP) is 3.29. The van der Waals surface area contributed by atoms with Gasteiger partial charge in [-0.15, -0.1) is 11.3 Å². The number of halogens is 2. The summed E-state index contributed by atoms with van der Waals surface area (Å²) in [6, 6.07) is 0. The van der Waals surface area contributed by atoms with Crippen LogP contribution in [-0.4, -0.2) is 22.0 Å². The van der Waals surface area contributed by atoms with Crippen molar-refractivity contribution in [2.75, 3.05) is 11.9 Å². The number of rotatable bonds is 3. The molecule has 2 rings (SSSR count). The van der Waals surface area contributed by atoms with Crippen molar-refractivity contribution in [1.82, 2.24) is 15.0 Å². The summed E-state index contributed by atoms with van der Waals surface area (Å²) in [5.41, 5.74) is 1.02. The molecule has 0 amide bonds. The zero-order valence-corrected chi connectivity index (χ0v) is 12.5. The summed E-state index contributed by atoms with van der Waals surface area (Å²) in [6.45, 7) is 2.68. The van der Waals surface area contributed by atoms with Gasteiger partial charge in [-0.2, -0.15) is 4.98 Å². The predicted molar refractivity (Wildman–Crippen MR) is 73.7 cm³/mol. The van der Waals surface area contributed by atoms with E-state index in [0.717, 1.165) is 21.0 Å². The summed E-state index contributed by atoms with van der Waals surface area (Å²) in [5.74, 6) is 0.760. The van der Waals surface area contributed by atoms with Crippen molar-refractivity contribution in [2.24, 2.45) is 0 Å². The van der Waals surface area contributed by atoms with Crippen molar-refractivity contribution in [1.29, 1.82) is 0 Å². The fourth-order valence-electron chi connectivity index (χ4n) is 1.40. The molecule has 0 atom stereocenters. The highest BCUT2D eigenvalue weighted by atomic mass is 79.9. The number of anilines is 1. The molecule has 0 saturated heterocycles. The molecule has 2 aromatic heterocycles. The quantitative estimate of drug-likeness (QED) is 0.808. The molecule has 0 saturated carbocycles. The van der Waals surface area contributed by atoms with Crippen LogP contribution in [0.5, 0.6) is 0 Å². The van der Waals surface area contributed by atoms with E-state index in [1.165, 1.54) is 0 Å². The van der Waals surface area contributed by atoms with E-state index in [2.05, 4.69) is 30.9 Å². The third kappa shape index (κ3) is 3.14. The van der Waals surface area contributed by atoms with Crippen LogP contribution in [0, 0.1) is 6.92 Å². The Morgan fingerprint density at radius 1 is 1.47 bits per heavy atom. The molecule has 0 fully saturated rings. The molecule has 0 N–H and O–H groups in total. The first-order valence-electron chi connectivity index (χ1n) is 4.86. The van der Waals surface area contributed by atoms with Crippen molar-refractivity contribution in [3.63, 3.8) is 0 Å². The lowest BCUT2D eigenvalue weighted by atomic mass is 10.4. The van der Waals surface area contributed by atoms with Gasteiger partial charge in [-0.3, -0.25) is 0 Å². The molecule has 0 bridgehead atoms. The normalized spacial score (nSPS) is 10.6. The van der Waals surface area contributed by atoms with Crippen LogP contribution in [0.1, 0.15) is 10.7 Å². The molecule has 7 heteroatoms. The number of aryl methyl sites for hydroxylation is 1. The fraction of sp³-hybridized carbons (Fsp3) is 0.300. The van der Waals surface area contributed by atoms with Gasteiger partial charge in [-0.1, -0.05) is 0 Å². The lowest BCUT2D eigenvalue weighted by molar-refractivity contribution is 0.861. The van der Waals surface area contributed by atoms with Crippen LogP contribution in [0.15, 0.2) is 16.0 Å². The summed E-state index contributed by atoms with van der Waals surface area (Å²) >= 11 is 10.8. The minimum atomic E-state index is 0.240. The Morgan fingerprint density at radius 3 is 2.88 bits per heavy atom. The molecule has 0 aliphatic carbocycles. The summed E-state index contributed by atoms with van der Waals surface area (Å²) in [7, 11) is 1.94. The first-order chi connectivity index (χ1) is 8.06. The maximum absolute atomic E-state index is 5.78. The molecular weight excluding hydrogens is 324 g/mol. The monoisotopic (exact) mass is 332 g/mol. The first-order valence-corrected chi connectivity index (χ1v) is 6.91. The van der Waals surface area contributed by atoms with E-state index in [0.29, 0.717) is 6.54 Å². The van der Waals surface area contributed by atoms with Crippen molar-refractivity contribution in [3.8, 4) is 0 Å². The molecule has 90 valence electrons. The number of nitrogens with zero attached hydrogens (tertiary/aromatic N) is 4. The lowest BCUT2D eigenvalue weighted by Crippen LogP contribution is -2.18. The summed E-state index contributed by atoms with van der Waals surface area (Å²) in [4.78, 5) is 14.5. The van der Waals surface area contributed by atoms with E-state index < -0.39 is 0 Å². The average Bonchev–Trinajstić information content (AvgIpc) is 2.67. The Labute approximate surface area is 117 Å². The molecular formula is C10H10BrClN4S. The molecule has 0 aromatic carbocycles. The summed E-state index contributed by atoms with van der Waals surface area (Å²) < 4.78 is 0.816. The Hall–Kier alpha value is -0.720. The minimum absolute atomic E-state index is 0.240. The highest BCUT2D eigenvalue weighted by Crippen LogP contribution is 2.24. The first kappa shape index (κ1) is 12.7. The number of hydrogen-bond donors (Lipinski definition) is 0. The van der Waals surface area contributed by atoms with Gasteiger partial charge in [0.2, 0.25) is 5.28 Å². The van der Waals surface area contributed by atoms with Gasteiger partial charge in [0.1, 0.15) is 5.82 Å². The lowest BCUT2D eigenvalue weighted by Gasteiger charge is -2.17. The Bertz CT molecular complexity index is 531. The third-order valence-corrected chi connectivity index (χ3v) is 3.69. The maximum Gasteiger partial charge on any atom is 0.224 e. The highest BCUT2D eigenvalue weighted by Gasteiger charge is 2.11. The Morgan fingerprint density at radius 2 is 2.24 bits per heavy atom. The maximum atomic E-state index is 5.78. The van der Waals surface area contributed by atoms with Crippen LogP contribution in [0.4, 0.5) is 5.82 Å². The second-order valence-corrected chi connectivity index (χ2v) is 5.78. The minimum Gasteiger partial charge on any atom is -0.353 e. The van der Waals surface area contributed by atoms with E-state index in [9.17, 15) is 0 Å². The van der Waals surface area contributed by atoms with Crippen molar-refractivity contribution in [2.45, 2.75) is 13.5 Å². The molecule has 4 nitrogen and oxygen atoms in total. The van der Waals surface area contributed by atoms with E-state index in [1.807, 2.05) is 24.3 Å². The number of hydrogen-bond acceptors (Lipinski definition) is 5. The smallest absolute Gasteiger partial charge is 0.224 e. The SMILES string of the molecule is Cc1nc(CN(C)c2nc(Cl)ncc2Br)cs1. The van der Waals surface area contributed by atoms with Gasteiger partial charge in [0.05, 0.1) is 21.7 Å². The van der Waals surface area contributed by atoms with Gasteiger partial charge in [-0.25, -0.2) is 9.97 Å². The summed E-state index contributed by atoms with van der Waals surface area (Å²) in [5, 5.41) is 3.35. The molecule has 17 heavy (non-hydrogen) atoms. The van der Waals surface area contributed by atoms with E-state index in [4.69, 9.17) is 11.6 Å². The van der Waals surface area contributed by atoms with Crippen LogP contribution >= 0.6 is 38.9 Å². The summed E-state index contributed by atoms with van der Waals surface area (Å²) in [6.07, 6.45) is 1.65. The Balaban J connectivity index is 2.19. The van der Waals surface area contributed by atoms with Crippen LogP contribution in [-0.2, 0) is 6.54 Å². The van der Waals surface area contributed by atoms with Crippen molar-refractivity contribution < 1.29 is 0 Å². The second-order valence-electron chi connectivity index (χ2n) is 3.52.